The Morgan fingerprint density at radius 3 is 2.65 bits per heavy atom. The minimum atomic E-state index is 0.619. The molecule has 0 unspecified atom stereocenters. The maximum Gasteiger partial charge on any atom is 0.223 e. The van der Waals surface area contributed by atoms with Gasteiger partial charge in [0.2, 0.25) is 5.95 Å². The van der Waals surface area contributed by atoms with Gasteiger partial charge in [-0.15, -0.1) is 11.3 Å². The maximum atomic E-state index is 5.54. The summed E-state index contributed by atoms with van der Waals surface area (Å²) >= 11 is 1.74. The van der Waals surface area contributed by atoms with Crippen LogP contribution in [0.3, 0.4) is 0 Å². The summed E-state index contributed by atoms with van der Waals surface area (Å²) in [5.41, 5.74) is 1.68. The molecule has 132 valence electrons. The summed E-state index contributed by atoms with van der Waals surface area (Å²) in [6.45, 7) is 1.69. The molecule has 0 spiro atoms. The zero-order chi connectivity index (χ0) is 17.9. The molecular formula is C20H20N4OS. The maximum absolute atomic E-state index is 5.54. The minimum absolute atomic E-state index is 0.619. The van der Waals surface area contributed by atoms with Crippen molar-refractivity contribution in [2.75, 3.05) is 32.5 Å². The Morgan fingerprint density at radius 2 is 1.88 bits per heavy atom. The molecule has 0 fully saturated rings. The van der Waals surface area contributed by atoms with Crippen LogP contribution in [0.1, 0.15) is 0 Å². The van der Waals surface area contributed by atoms with Crippen LogP contribution in [0.4, 0.5) is 5.95 Å². The molecule has 3 heterocycles. The van der Waals surface area contributed by atoms with Crippen LogP contribution in [0.25, 0.3) is 32.1 Å². The predicted molar refractivity (Wildman–Crippen MR) is 108 cm³/mol. The fourth-order valence-electron chi connectivity index (χ4n) is 2.70. The van der Waals surface area contributed by atoms with E-state index in [9.17, 15) is 0 Å². The lowest BCUT2D eigenvalue weighted by Crippen LogP contribution is -2.21. The molecule has 0 aliphatic heterocycles. The lowest BCUT2D eigenvalue weighted by molar-refractivity contribution is 0.425. The third kappa shape index (κ3) is 3.61. The average Bonchev–Trinajstić information content (AvgIpc) is 3.31. The van der Waals surface area contributed by atoms with E-state index in [-0.39, 0.29) is 0 Å². The molecule has 0 saturated carbocycles. The Morgan fingerprint density at radius 1 is 1.04 bits per heavy atom. The van der Waals surface area contributed by atoms with Gasteiger partial charge in [0, 0.05) is 17.8 Å². The third-order valence-corrected chi connectivity index (χ3v) is 5.16. The van der Waals surface area contributed by atoms with E-state index < -0.39 is 0 Å². The molecule has 4 aromatic rings. The molecule has 0 saturated heterocycles. The monoisotopic (exact) mass is 364 g/mol. The highest BCUT2D eigenvalue weighted by Crippen LogP contribution is 2.34. The van der Waals surface area contributed by atoms with Gasteiger partial charge in [-0.25, -0.2) is 9.97 Å². The summed E-state index contributed by atoms with van der Waals surface area (Å²) in [6, 6.07) is 16.3. The van der Waals surface area contributed by atoms with Gasteiger partial charge < -0.3 is 14.6 Å². The predicted octanol–water partition coefficient (Wildman–Crippen LogP) is 4.59. The zero-order valence-corrected chi connectivity index (χ0v) is 15.6. The number of fused-ring (bicyclic) bond motifs is 1. The van der Waals surface area contributed by atoms with Crippen molar-refractivity contribution in [3.8, 4) is 22.0 Å². The Kier molecular flexibility index (Phi) is 4.69. The summed E-state index contributed by atoms with van der Waals surface area (Å²) in [5, 5.41) is 4.55. The molecule has 0 amide bonds. The van der Waals surface area contributed by atoms with Gasteiger partial charge >= 0.3 is 0 Å². The summed E-state index contributed by atoms with van der Waals surface area (Å²) in [6.07, 6.45) is 1.66. The second-order valence-corrected chi connectivity index (χ2v) is 7.40. The van der Waals surface area contributed by atoms with Gasteiger partial charge in [-0.2, -0.15) is 0 Å². The highest BCUT2D eigenvalue weighted by Gasteiger charge is 2.12. The molecule has 0 bridgehead atoms. The minimum Gasteiger partial charge on any atom is -0.463 e. The van der Waals surface area contributed by atoms with Crippen LogP contribution in [0.5, 0.6) is 0 Å². The molecule has 1 N–H and O–H groups in total. The van der Waals surface area contributed by atoms with Crippen molar-refractivity contribution in [2.45, 2.75) is 0 Å². The van der Waals surface area contributed by atoms with E-state index in [2.05, 4.69) is 45.5 Å². The van der Waals surface area contributed by atoms with Gasteiger partial charge in [0.25, 0.3) is 0 Å². The van der Waals surface area contributed by atoms with E-state index in [0.29, 0.717) is 5.95 Å². The second kappa shape index (κ2) is 7.27. The number of nitrogens with one attached hydrogen (secondary N) is 1. The van der Waals surface area contributed by atoms with Crippen LogP contribution in [0.2, 0.25) is 0 Å². The smallest absolute Gasteiger partial charge is 0.223 e. The van der Waals surface area contributed by atoms with Crippen LogP contribution < -0.4 is 5.32 Å². The Bertz CT molecular complexity index is 975. The molecule has 26 heavy (non-hydrogen) atoms. The van der Waals surface area contributed by atoms with E-state index in [4.69, 9.17) is 9.40 Å². The quantitative estimate of drug-likeness (QED) is 0.542. The van der Waals surface area contributed by atoms with Crippen molar-refractivity contribution in [3.05, 3.63) is 54.8 Å². The number of anilines is 1. The standard InChI is InChI=1S/C20H20N4OS/c1-24(2)10-9-21-20-22-15(17-7-5-11-25-17)13-16(23-20)19-12-14-6-3-4-8-18(14)26-19/h3-8,11-13H,9-10H2,1-2H3,(H,21,22,23). The van der Waals surface area contributed by atoms with Crippen LogP contribution >= 0.6 is 11.3 Å². The topological polar surface area (TPSA) is 54.2 Å². The molecule has 0 aliphatic carbocycles. The number of furan rings is 1. The van der Waals surface area contributed by atoms with Gasteiger partial charge in [-0.1, -0.05) is 18.2 Å². The number of hydrogen-bond acceptors (Lipinski definition) is 6. The molecule has 6 heteroatoms. The number of aromatic nitrogens is 2. The van der Waals surface area contributed by atoms with Gasteiger partial charge in [-0.3, -0.25) is 0 Å². The average molecular weight is 364 g/mol. The van der Waals surface area contributed by atoms with Crippen molar-refractivity contribution < 1.29 is 4.42 Å². The number of hydrogen-bond donors (Lipinski definition) is 1. The first-order chi connectivity index (χ1) is 12.7. The molecule has 5 nitrogen and oxygen atoms in total. The van der Waals surface area contributed by atoms with Crippen molar-refractivity contribution in [1.82, 2.24) is 14.9 Å². The van der Waals surface area contributed by atoms with Crippen LogP contribution in [-0.4, -0.2) is 42.1 Å². The molecule has 1 aromatic carbocycles. The fraction of sp³-hybridized carbons (Fsp3) is 0.200. The largest absolute Gasteiger partial charge is 0.463 e. The zero-order valence-electron chi connectivity index (χ0n) is 14.8. The number of nitrogens with zero attached hydrogens (tertiary/aromatic N) is 3. The number of rotatable bonds is 6. The number of thiophene rings is 1. The fourth-order valence-corrected chi connectivity index (χ4v) is 3.73. The Labute approximate surface area is 156 Å². The van der Waals surface area contributed by atoms with Crippen molar-refractivity contribution >= 4 is 27.4 Å². The third-order valence-electron chi connectivity index (χ3n) is 4.02. The first kappa shape index (κ1) is 16.8. The van der Waals surface area contributed by atoms with E-state index in [1.54, 1.807) is 17.6 Å². The van der Waals surface area contributed by atoms with Crippen LogP contribution in [0, 0.1) is 0 Å². The highest BCUT2D eigenvalue weighted by molar-refractivity contribution is 7.22. The van der Waals surface area contributed by atoms with Crippen LogP contribution in [0.15, 0.2) is 59.2 Å². The Hall–Kier alpha value is -2.70. The van der Waals surface area contributed by atoms with E-state index in [0.717, 1.165) is 35.1 Å². The van der Waals surface area contributed by atoms with Gasteiger partial charge in [0.15, 0.2) is 5.76 Å². The van der Waals surface area contributed by atoms with Crippen molar-refractivity contribution in [2.24, 2.45) is 0 Å². The number of benzene rings is 1. The lowest BCUT2D eigenvalue weighted by Gasteiger charge is -2.11. The molecule has 4 rings (SSSR count). The van der Waals surface area contributed by atoms with E-state index >= 15 is 0 Å². The summed E-state index contributed by atoms with van der Waals surface area (Å²) in [5.74, 6) is 1.36. The van der Waals surface area contributed by atoms with Crippen molar-refractivity contribution in [1.29, 1.82) is 0 Å². The molecule has 0 atom stereocenters. The summed E-state index contributed by atoms with van der Waals surface area (Å²) in [4.78, 5) is 12.6. The molecule has 0 radical (unpaired) electrons. The summed E-state index contributed by atoms with van der Waals surface area (Å²) in [7, 11) is 4.09. The molecule has 3 aromatic heterocycles. The lowest BCUT2D eigenvalue weighted by atomic mass is 10.2. The van der Waals surface area contributed by atoms with Gasteiger partial charge in [0.05, 0.1) is 16.8 Å². The number of likely N-dealkylation sites (N-methyl/N-ethyl adjacent to an activating group) is 1. The SMILES string of the molecule is CN(C)CCNc1nc(-c2ccco2)cc(-c2cc3ccccc3s2)n1. The molecule has 0 aliphatic rings. The normalized spacial score (nSPS) is 11.3. The Balaban J connectivity index is 1.73. The first-order valence-corrected chi connectivity index (χ1v) is 9.31. The van der Waals surface area contributed by atoms with Gasteiger partial charge in [0.1, 0.15) is 5.69 Å². The first-order valence-electron chi connectivity index (χ1n) is 8.49. The van der Waals surface area contributed by atoms with Gasteiger partial charge in [-0.05, 0) is 49.8 Å². The van der Waals surface area contributed by atoms with E-state index in [1.165, 1.54) is 10.1 Å². The summed E-state index contributed by atoms with van der Waals surface area (Å²) < 4.78 is 6.80. The molecular weight excluding hydrogens is 344 g/mol. The van der Waals surface area contributed by atoms with Crippen LogP contribution in [-0.2, 0) is 0 Å². The van der Waals surface area contributed by atoms with E-state index in [1.807, 2.05) is 32.3 Å². The van der Waals surface area contributed by atoms with Crippen molar-refractivity contribution in [3.63, 3.8) is 0 Å². The highest BCUT2D eigenvalue weighted by atomic mass is 32.1. The second-order valence-electron chi connectivity index (χ2n) is 6.32.